The van der Waals surface area contributed by atoms with Gasteiger partial charge in [0, 0.05) is 6.07 Å². The Bertz CT molecular complexity index is 542. The molecule has 0 saturated heterocycles. The van der Waals surface area contributed by atoms with E-state index in [9.17, 15) is 4.79 Å². The van der Waals surface area contributed by atoms with Crippen LogP contribution in [0, 0.1) is 13.8 Å². The van der Waals surface area contributed by atoms with Crippen LogP contribution in [0.2, 0.25) is 0 Å². The van der Waals surface area contributed by atoms with Crippen molar-refractivity contribution in [3.63, 3.8) is 0 Å². The van der Waals surface area contributed by atoms with Crippen LogP contribution in [-0.4, -0.2) is 27.8 Å². The molecule has 6 heteroatoms. The third-order valence-electron chi connectivity index (χ3n) is 2.44. The molecule has 2 aromatic heterocycles. The Labute approximate surface area is 98.2 Å². The fraction of sp³-hybridized carbons (Fsp3) is 0.364. The topological polar surface area (TPSA) is 70.2 Å². The van der Waals surface area contributed by atoms with Crippen LogP contribution in [0.25, 0.3) is 0 Å². The van der Waals surface area contributed by atoms with Crippen LogP contribution < -0.4 is 0 Å². The van der Waals surface area contributed by atoms with Gasteiger partial charge in [-0.1, -0.05) is 5.16 Å². The Balaban J connectivity index is 2.31. The normalized spacial score (nSPS) is 10.5. The molecule has 2 aromatic rings. The summed E-state index contributed by atoms with van der Waals surface area (Å²) in [6.07, 6.45) is 1.49. The Kier molecular flexibility index (Phi) is 2.95. The lowest BCUT2D eigenvalue weighted by Gasteiger charge is -2.06. The van der Waals surface area contributed by atoms with Crippen molar-refractivity contribution in [1.29, 1.82) is 0 Å². The largest absolute Gasteiger partial charge is 0.464 e. The first-order valence-electron chi connectivity index (χ1n) is 5.14. The molecule has 90 valence electrons. The van der Waals surface area contributed by atoms with E-state index in [0.29, 0.717) is 18.0 Å². The number of carbonyl (C=O) groups excluding carboxylic acids is 1. The van der Waals surface area contributed by atoms with Crippen LogP contribution in [0.5, 0.6) is 0 Å². The third kappa shape index (κ3) is 2.20. The van der Waals surface area contributed by atoms with Crippen molar-refractivity contribution in [1.82, 2.24) is 14.7 Å². The van der Waals surface area contributed by atoms with Gasteiger partial charge in [-0.05, 0) is 13.8 Å². The highest BCUT2D eigenvalue weighted by Gasteiger charge is 2.16. The Hall–Kier alpha value is -2.11. The zero-order chi connectivity index (χ0) is 12.4. The molecule has 0 aliphatic carbocycles. The summed E-state index contributed by atoms with van der Waals surface area (Å²) in [5.74, 6) is 0.982. The first-order valence-corrected chi connectivity index (χ1v) is 5.14. The summed E-state index contributed by atoms with van der Waals surface area (Å²) in [4.78, 5) is 15.6. The second kappa shape index (κ2) is 4.40. The highest BCUT2D eigenvalue weighted by Crippen LogP contribution is 2.11. The fourth-order valence-electron chi connectivity index (χ4n) is 1.58. The van der Waals surface area contributed by atoms with Gasteiger partial charge in [-0.15, -0.1) is 0 Å². The summed E-state index contributed by atoms with van der Waals surface area (Å²) in [6.45, 7) is 4.07. The first kappa shape index (κ1) is 11.4. The number of imidazole rings is 1. The molecule has 17 heavy (non-hydrogen) atoms. The van der Waals surface area contributed by atoms with Crippen LogP contribution in [0.15, 0.2) is 16.8 Å². The predicted molar refractivity (Wildman–Crippen MR) is 58.6 cm³/mol. The average Bonchev–Trinajstić information content (AvgIpc) is 2.87. The summed E-state index contributed by atoms with van der Waals surface area (Å²) in [6, 6.07) is 1.82. The number of carbonyl (C=O) groups is 1. The van der Waals surface area contributed by atoms with E-state index in [1.807, 2.05) is 19.9 Å². The maximum absolute atomic E-state index is 11.5. The molecule has 6 nitrogen and oxygen atoms in total. The molecule has 0 fully saturated rings. The number of nitrogens with zero attached hydrogens (tertiary/aromatic N) is 3. The summed E-state index contributed by atoms with van der Waals surface area (Å²) >= 11 is 0. The van der Waals surface area contributed by atoms with Gasteiger partial charge in [-0.3, -0.25) is 0 Å². The van der Waals surface area contributed by atoms with Gasteiger partial charge in [-0.25, -0.2) is 9.78 Å². The predicted octanol–water partition coefficient (Wildman–Crippen LogP) is 1.32. The zero-order valence-corrected chi connectivity index (χ0v) is 9.93. The molecule has 0 aliphatic rings. The number of hydrogen-bond acceptors (Lipinski definition) is 5. The molecule has 2 heterocycles. The SMILES string of the molecule is COC(=O)c1cnc(C)n1Cc1cc(C)no1. The molecule has 0 N–H and O–H groups in total. The molecular formula is C11H13N3O3. The number of aryl methyl sites for hydroxylation is 2. The van der Waals surface area contributed by atoms with Gasteiger partial charge in [0.1, 0.15) is 11.5 Å². The molecular weight excluding hydrogens is 222 g/mol. The molecule has 0 atom stereocenters. The third-order valence-corrected chi connectivity index (χ3v) is 2.44. The standard InChI is InChI=1S/C11H13N3O3/c1-7-4-9(17-13-7)6-14-8(2)12-5-10(14)11(15)16-3/h4-5H,6H2,1-3H3. The lowest BCUT2D eigenvalue weighted by Crippen LogP contribution is -2.12. The quantitative estimate of drug-likeness (QED) is 0.750. The molecule has 0 radical (unpaired) electrons. The summed E-state index contributed by atoms with van der Waals surface area (Å²) < 4.78 is 11.5. The van der Waals surface area contributed by atoms with E-state index < -0.39 is 5.97 Å². The van der Waals surface area contributed by atoms with Crippen molar-refractivity contribution in [2.75, 3.05) is 7.11 Å². The van der Waals surface area contributed by atoms with Crippen molar-refractivity contribution >= 4 is 5.97 Å². The van der Waals surface area contributed by atoms with Crippen LogP contribution >= 0.6 is 0 Å². The van der Waals surface area contributed by atoms with Gasteiger partial charge in [0.25, 0.3) is 0 Å². The second-order valence-electron chi connectivity index (χ2n) is 3.70. The Morgan fingerprint density at radius 1 is 1.53 bits per heavy atom. The minimum Gasteiger partial charge on any atom is -0.464 e. The van der Waals surface area contributed by atoms with Crippen LogP contribution in [0.4, 0.5) is 0 Å². The van der Waals surface area contributed by atoms with Crippen LogP contribution in [0.3, 0.4) is 0 Å². The first-order chi connectivity index (χ1) is 8.11. The van der Waals surface area contributed by atoms with E-state index in [1.165, 1.54) is 13.3 Å². The number of rotatable bonds is 3. The van der Waals surface area contributed by atoms with Gasteiger partial charge in [0.15, 0.2) is 5.76 Å². The monoisotopic (exact) mass is 235 g/mol. The van der Waals surface area contributed by atoms with Gasteiger partial charge in [-0.2, -0.15) is 0 Å². The molecule has 0 aliphatic heterocycles. The van der Waals surface area contributed by atoms with E-state index in [2.05, 4.69) is 14.9 Å². The van der Waals surface area contributed by atoms with Crippen molar-refractivity contribution in [2.24, 2.45) is 0 Å². The van der Waals surface area contributed by atoms with Crippen molar-refractivity contribution in [3.8, 4) is 0 Å². The van der Waals surface area contributed by atoms with E-state index in [0.717, 1.165) is 11.5 Å². The van der Waals surface area contributed by atoms with Gasteiger partial charge in [0.05, 0.1) is 25.5 Å². The molecule has 0 bridgehead atoms. The van der Waals surface area contributed by atoms with Gasteiger partial charge >= 0.3 is 5.97 Å². The molecule has 0 saturated carbocycles. The zero-order valence-electron chi connectivity index (χ0n) is 9.93. The summed E-state index contributed by atoms with van der Waals surface area (Å²) in [5, 5.41) is 3.80. The van der Waals surface area contributed by atoms with E-state index in [4.69, 9.17) is 4.52 Å². The second-order valence-corrected chi connectivity index (χ2v) is 3.70. The molecule has 0 spiro atoms. The lowest BCUT2D eigenvalue weighted by molar-refractivity contribution is 0.0588. The maximum atomic E-state index is 11.5. The van der Waals surface area contributed by atoms with Gasteiger partial charge < -0.3 is 13.8 Å². The Morgan fingerprint density at radius 3 is 2.88 bits per heavy atom. The van der Waals surface area contributed by atoms with Crippen molar-refractivity contribution < 1.29 is 14.1 Å². The maximum Gasteiger partial charge on any atom is 0.356 e. The number of ether oxygens (including phenoxy) is 1. The highest BCUT2D eigenvalue weighted by atomic mass is 16.5. The van der Waals surface area contributed by atoms with Crippen LogP contribution in [-0.2, 0) is 11.3 Å². The molecule has 0 aromatic carbocycles. The fourth-order valence-corrected chi connectivity index (χ4v) is 1.58. The van der Waals surface area contributed by atoms with E-state index >= 15 is 0 Å². The lowest BCUT2D eigenvalue weighted by atomic mass is 10.3. The minimum atomic E-state index is -0.415. The van der Waals surface area contributed by atoms with E-state index in [-0.39, 0.29) is 0 Å². The summed E-state index contributed by atoms with van der Waals surface area (Å²) in [7, 11) is 1.34. The van der Waals surface area contributed by atoms with E-state index in [1.54, 1.807) is 4.57 Å². The molecule has 0 unspecified atom stereocenters. The van der Waals surface area contributed by atoms with Crippen LogP contribution in [0.1, 0.15) is 27.8 Å². The number of methoxy groups -OCH3 is 1. The number of hydrogen-bond donors (Lipinski definition) is 0. The minimum absolute atomic E-state index is 0.402. The van der Waals surface area contributed by atoms with Crippen molar-refractivity contribution in [3.05, 3.63) is 35.2 Å². The van der Waals surface area contributed by atoms with Gasteiger partial charge in [0.2, 0.25) is 0 Å². The Morgan fingerprint density at radius 2 is 2.29 bits per heavy atom. The number of aromatic nitrogens is 3. The smallest absolute Gasteiger partial charge is 0.356 e. The molecule has 2 rings (SSSR count). The average molecular weight is 235 g/mol. The highest BCUT2D eigenvalue weighted by molar-refractivity contribution is 5.87. The van der Waals surface area contributed by atoms with Crippen molar-refractivity contribution in [2.45, 2.75) is 20.4 Å². The molecule has 0 amide bonds. The number of esters is 1. The summed E-state index contributed by atoms with van der Waals surface area (Å²) in [5.41, 5.74) is 1.21.